The average Bonchev–Trinajstić information content (AvgIpc) is 3.15. The Morgan fingerprint density at radius 2 is 2.07 bits per heavy atom. The van der Waals surface area contributed by atoms with Gasteiger partial charge in [-0.15, -0.1) is 0 Å². The van der Waals surface area contributed by atoms with E-state index in [0.29, 0.717) is 22.5 Å². The molecule has 4 nitrogen and oxygen atoms in total. The Kier molecular flexibility index (Phi) is 3.49. The lowest BCUT2D eigenvalue weighted by atomic mass is 9.84. The van der Waals surface area contributed by atoms with Crippen molar-refractivity contribution in [3.05, 3.63) is 74.8 Å². The number of fused-ring (bicyclic) bond motifs is 7. The number of hydrogen-bond acceptors (Lipinski definition) is 3. The van der Waals surface area contributed by atoms with Crippen LogP contribution in [0.3, 0.4) is 0 Å². The summed E-state index contributed by atoms with van der Waals surface area (Å²) in [6, 6.07) is 13.4. The first-order valence-corrected chi connectivity index (χ1v) is 10.6. The molecule has 1 fully saturated rings. The van der Waals surface area contributed by atoms with Gasteiger partial charge >= 0.3 is 0 Å². The van der Waals surface area contributed by atoms with E-state index in [1.807, 2.05) is 12.1 Å². The van der Waals surface area contributed by atoms with E-state index < -0.39 is 0 Å². The van der Waals surface area contributed by atoms with Gasteiger partial charge in [0.1, 0.15) is 5.82 Å². The van der Waals surface area contributed by atoms with Crippen molar-refractivity contribution in [2.24, 2.45) is 0 Å². The zero-order valence-electron chi connectivity index (χ0n) is 16.5. The molecular formula is C24H22ClN3O. The molecule has 0 aliphatic carbocycles. The van der Waals surface area contributed by atoms with Crippen LogP contribution in [0.4, 0.5) is 0 Å². The first-order valence-electron chi connectivity index (χ1n) is 10.3. The summed E-state index contributed by atoms with van der Waals surface area (Å²) in [5.41, 5.74) is 5.21. The van der Waals surface area contributed by atoms with Crippen molar-refractivity contribution in [2.45, 2.75) is 50.6 Å². The SMILES string of the molecule is CC1(C)c2ccc(C3=CC4CCC(C3)N4)cc2-n2c1nc(=O)c1c(Cl)cccc12. The van der Waals surface area contributed by atoms with Gasteiger partial charge in [0.2, 0.25) is 0 Å². The highest BCUT2D eigenvalue weighted by atomic mass is 35.5. The van der Waals surface area contributed by atoms with E-state index in [-0.39, 0.29) is 11.0 Å². The number of nitrogens with one attached hydrogen (secondary N) is 1. The van der Waals surface area contributed by atoms with Crippen molar-refractivity contribution >= 4 is 28.1 Å². The third-order valence-corrected chi connectivity index (χ3v) is 7.17. The molecule has 4 heterocycles. The summed E-state index contributed by atoms with van der Waals surface area (Å²) in [7, 11) is 0. The fraction of sp³-hybridized carbons (Fsp3) is 0.333. The van der Waals surface area contributed by atoms with Crippen LogP contribution < -0.4 is 10.9 Å². The van der Waals surface area contributed by atoms with Gasteiger partial charge in [0, 0.05) is 12.1 Å². The second kappa shape index (κ2) is 5.80. The van der Waals surface area contributed by atoms with E-state index in [2.05, 4.69) is 53.0 Å². The maximum atomic E-state index is 12.8. The molecular weight excluding hydrogens is 382 g/mol. The lowest BCUT2D eigenvalue weighted by molar-refractivity contribution is 0.575. The Balaban J connectivity index is 1.63. The molecule has 3 aliphatic rings. The molecule has 0 radical (unpaired) electrons. The van der Waals surface area contributed by atoms with Gasteiger partial charge in [-0.3, -0.25) is 9.36 Å². The Hall–Kier alpha value is -2.43. The quantitative estimate of drug-likeness (QED) is 0.646. The summed E-state index contributed by atoms with van der Waals surface area (Å²) in [4.78, 5) is 17.3. The maximum absolute atomic E-state index is 12.8. The highest BCUT2D eigenvalue weighted by Gasteiger charge is 2.39. The molecule has 2 bridgehead atoms. The normalized spacial score (nSPS) is 23.8. The van der Waals surface area contributed by atoms with Crippen LogP contribution in [-0.4, -0.2) is 21.6 Å². The summed E-state index contributed by atoms with van der Waals surface area (Å²) in [6.45, 7) is 4.27. The minimum absolute atomic E-state index is 0.254. The van der Waals surface area contributed by atoms with Crippen molar-refractivity contribution in [1.82, 2.24) is 14.9 Å². The summed E-state index contributed by atoms with van der Waals surface area (Å²) >= 11 is 6.38. The van der Waals surface area contributed by atoms with Crippen molar-refractivity contribution in [3.8, 4) is 5.69 Å². The van der Waals surface area contributed by atoms with Gasteiger partial charge in [0.25, 0.3) is 5.56 Å². The molecule has 3 aromatic rings. The van der Waals surface area contributed by atoms with E-state index in [4.69, 9.17) is 11.6 Å². The monoisotopic (exact) mass is 403 g/mol. The summed E-state index contributed by atoms with van der Waals surface area (Å²) in [5.74, 6) is 0.781. The van der Waals surface area contributed by atoms with Gasteiger partial charge in [-0.1, -0.05) is 35.9 Å². The topological polar surface area (TPSA) is 46.9 Å². The Morgan fingerprint density at radius 1 is 1.21 bits per heavy atom. The van der Waals surface area contributed by atoms with Crippen LogP contribution in [0.2, 0.25) is 5.02 Å². The lowest BCUT2D eigenvalue weighted by Gasteiger charge is -2.22. The molecule has 1 aromatic heterocycles. The maximum Gasteiger partial charge on any atom is 0.282 e. The standard InChI is InChI=1S/C24H22ClN3O/c1-24(2)17-9-6-13(14-10-15-7-8-16(11-14)26-15)12-20(17)28-19-5-3-4-18(25)21(19)22(29)27-23(24)28/h3-6,9-10,12,15-16,26H,7-8,11H2,1-2H3. The zero-order valence-corrected chi connectivity index (χ0v) is 17.3. The number of rotatable bonds is 1. The van der Waals surface area contributed by atoms with E-state index in [9.17, 15) is 4.79 Å². The minimum Gasteiger partial charge on any atom is -0.307 e. The molecule has 5 heteroatoms. The van der Waals surface area contributed by atoms with Gasteiger partial charge in [-0.05, 0) is 68.0 Å². The zero-order chi connectivity index (χ0) is 19.9. The van der Waals surface area contributed by atoms with Crippen LogP contribution in [-0.2, 0) is 5.41 Å². The van der Waals surface area contributed by atoms with Gasteiger partial charge in [-0.2, -0.15) is 4.98 Å². The fourth-order valence-electron chi connectivity index (χ4n) is 5.39. The molecule has 1 saturated heterocycles. The van der Waals surface area contributed by atoms with Crippen LogP contribution in [0.15, 0.2) is 47.3 Å². The number of nitrogens with zero attached hydrogens (tertiary/aromatic N) is 2. The predicted octanol–water partition coefficient (Wildman–Crippen LogP) is 4.59. The highest BCUT2D eigenvalue weighted by Crippen LogP contribution is 2.44. The van der Waals surface area contributed by atoms with Crippen molar-refractivity contribution in [1.29, 1.82) is 0 Å². The first kappa shape index (κ1) is 17.4. The number of hydrogen-bond donors (Lipinski definition) is 1. The highest BCUT2D eigenvalue weighted by molar-refractivity contribution is 6.35. The van der Waals surface area contributed by atoms with Gasteiger partial charge in [0.15, 0.2) is 0 Å². The van der Waals surface area contributed by atoms with Crippen LogP contribution in [0.5, 0.6) is 0 Å². The molecule has 2 aromatic carbocycles. The predicted molar refractivity (Wildman–Crippen MR) is 117 cm³/mol. The average molecular weight is 404 g/mol. The van der Waals surface area contributed by atoms with Crippen LogP contribution in [0.1, 0.15) is 50.1 Å². The van der Waals surface area contributed by atoms with E-state index >= 15 is 0 Å². The lowest BCUT2D eigenvalue weighted by Crippen LogP contribution is -2.31. The second-order valence-corrected chi connectivity index (χ2v) is 9.42. The number of benzene rings is 2. The molecule has 2 atom stereocenters. The molecule has 6 rings (SSSR count). The Labute approximate surface area is 174 Å². The number of halogens is 1. The van der Waals surface area contributed by atoms with Crippen molar-refractivity contribution in [3.63, 3.8) is 0 Å². The van der Waals surface area contributed by atoms with Crippen LogP contribution in [0, 0.1) is 0 Å². The molecule has 29 heavy (non-hydrogen) atoms. The Morgan fingerprint density at radius 3 is 2.90 bits per heavy atom. The fourth-order valence-corrected chi connectivity index (χ4v) is 5.64. The molecule has 0 amide bonds. The molecule has 0 saturated carbocycles. The molecule has 3 aliphatic heterocycles. The second-order valence-electron chi connectivity index (χ2n) is 9.01. The molecule has 0 spiro atoms. The largest absolute Gasteiger partial charge is 0.307 e. The van der Waals surface area contributed by atoms with Crippen LogP contribution >= 0.6 is 11.6 Å². The number of aromatic nitrogens is 2. The summed E-state index contributed by atoms with van der Waals surface area (Å²) < 4.78 is 2.14. The molecule has 146 valence electrons. The summed E-state index contributed by atoms with van der Waals surface area (Å²) in [5, 5.41) is 4.61. The van der Waals surface area contributed by atoms with E-state index in [1.54, 1.807) is 6.07 Å². The van der Waals surface area contributed by atoms with E-state index in [1.165, 1.54) is 29.5 Å². The molecule has 2 unspecified atom stereocenters. The third-order valence-electron chi connectivity index (χ3n) is 6.85. The smallest absolute Gasteiger partial charge is 0.282 e. The third kappa shape index (κ3) is 2.36. The summed E-state index contributed by atoms with van der Waals surface area (Å²) in [6.07, 6.45) is 5.94. The molecule has 1 N–H and O–H groups in total. The van der Waals surface area contributed by atoms with Crippen molar-refractivity contribution in [2.75, 3.05) is 0 Å². The van der Waals surface area contributed by atoms with Gasteiger partial charge in [0.05, 0.1) is 27.0 Å². The van der Waals surface area contributed by atoms with Crippen LogP contribution in [0.25, 0.3) is 22.2 Å². The minimum atomic E-state index is -0.342. The van der Waals surface area contributed by atoms with E-state index in [0.717, 1.165) is 23.4 Å². The van der Waals surface area contributed by atoms with Gasteiger partial charge in [-0.25, -0.2) is 0 Å². The first-order chi connectivity index (χ1) is 13.9. The van der Waals surface area contributed by atoms with Crippen molar-refractivity contribution < 1.29 is 0 Å². The van der Waals surface area contributed by atoms with Gasteiger partial charge < -0.3 is 5.32 Å². The Bertz CT molecular complexity index is 1290.